The van der Waals surface area contributed by atoms with Crippen molar-refractivity contribution in [2.75, 3.05) is 5.73 Å². The van der Waals surface area contributed by atoms with E-state index in [4.69, 9.17) is 5.73 Å². The maximum atomic E-state index is 5.32. The van der Waals surface area contributed by atoms with Crippen molar-refractivity contribution in [2.24, 2.45) is 0 Å². The molecule has 0 bridgehead atoms. The molecular weight excluding hydrogens is 346 g/mol. The van der Waals surface area contributed by atoms with Gasteiger partial charge >= 0.3 is 0 Å². The van der Waals surface area contributed by atoms with E-state index in [1.54, 1.807) is 49.3 Å². The molecule has 0 aliphatic carbocycles. The molecular formula is C20H20ClN5. The molecule has 132 valence electrons. The number of nitrogens with zero attached hydrogens (tertiary/aromatic N) is 4. The van der Waals surface area contributed by atoms with Crippen molar-refractivity contribution in [3.8, 4) is 5.69 Å². The lowest BCUT2D eigenvalue weighted by Gasteiger charge is -1.91. The molecule has 5 nitrogen and oxygen atoms in total. The first-order valence-corrected chi connectivity index (χ1v) is 7.73. The predicted molar refractivity (Wildman–Crippen MR) is 98.7 cm³/mol. The third-order valence-electron chi connectivity index (χ3n) is 2.95. The van der Waals surface area contributed by atoms with E-state index in [1.165, 1.54) is 0 Å². The molecule has 0 aliphatic heterocycles. The number of rotatable bonds is 1. The Hall–Kier alpha value is -3.31. The summed E-state index contributed by atoms with van der Waals surface area (Å²) in [4.78, 5) is 11.5. The Bertz CT molecular complexity index is 736. The maximum absolute atomic E-state index is 5.32. The first kappa shape index (κ1) is 20.7. The smallest absolute Gasteiger partial charge is 0.213 e. The average Bonchev–Trinajstić information content (AvgIpc) is 2.72. The zero-order chi connectivity index (χ0) is 17.6. The van der Waals surface area contributed by atoms with Gasteiger partial charge in [0.05, 0.1) is 0 Å². The van der Waals surface area contributed by atoms with Gasteiger partial charge in [0.15, 0.2) is 12.4 Å². The number of hydrogen-bond donors (Lipinski definition) is 1. The molecule has 4 heterocycles. The molecule has 2 N–H and O–H groups in total. The maximum Gasteiger partial charge on any atom is 0.213 e. The zero-order valence-electron chi connectivity index (χ0n) is 14.1. The minimum absolute atomic E-state index is 0. The largest absolute Gasteiger partial charge is 1.00 e. The quantitative estimate of drug-likeness (QED) is 0.486. The minimum Gasteiger partial charge on any atom is -1.00 e. The van der Waals surface area contributed by atoms with Crippen LogP contribution in [0.1, 0.15) is 0 Å². The Morgan fingerprint density at radius 1 is 0.577 bits per heavy atom. The number of nitrogens with two attached hydrogens (primary N) is 1. The molecule has 0 aromatic carbocycles. The molecule has 0 atom stereocenters. The number of halogens is 1. The number of aromatic nitrogens is 4. The van der Waals surface area contributed by atoms with Crippen LogP contribution in [0.5, 0.6) is 0 Å². The van der Waals surface area contributed by atoms with Crippen LogP contribution in [0.2, 0.25) is 0 Å². The lowest BCUT2D eigenvalue weighted by molar-refractivity contribution is -0.595. The molecule has 4 aromatic rings. The van der Waals surface area contributed by atoms with Crippen molar-refractivity contribution >= 4 is 5.69 Å². The normalized spacial score (nSPS) is 8.62. The van der Waals surface area contributed by atoms with Crippen molar-refractivity contribution in [2.45, 2.75) is 0 Å². The Morgan fingerprint density at radius 2 is 1.04 bits per heavy atom. The highest BCUT2D eigenvalue weighted by Crippen LogP contribution is 1.94. The van der Waals surface area contributed by atoms with Crippen molar-refractivity contribution < 1.29 is 17.0 Å². The highest BCUT2D eigenvalue weighted by Gasteiger charge is 2.00. The fourth-order valence-electron chi connectivity index (χ4n) is 1.76. The van der Waals surface area contributed by atoms with Crippen LogP contribution in [0.15, 0.2) is 110 Å². The van der Waals surface area contributed by atoms with Crippen molar-refractivity contribution in [1.82, 2.24) is 15.0 Å². The van der Waals surface area contributed by atoms with E-state index in [1.807, 2.05) is 65.5 Å². The second-order valence-corrected chi connectivity index (χ2v) is 4.79. The molecule has 0 saturated carbocycles. The number of nitrogen functional groups attached to an aromatic ring is 1. The fraction of sp³-hybridized carbons (Fsp3) is 0. The van der Waals surface area contributed by atoms with E-state index in [9.17, 15) is 0 Å². The third kappa shape index (κ3) is 8.52. The Balaban J connectivity index is 0.000000208. The zero-order valence-corrected chi connectivity index (χ0v) is 14.9. The van der Waals surface area contributed by atoms with Crippen LogP contribution in [0.4, 0.5) is 5.69 Å². The van der Waals surface area contributed by atoms with Crippen LogP contribution >= 0.6 is 0 Å². The molecule has 0 aliphatic rings. The van der Waals surface area contributed by atoms with Gasteiger partial charge in [-0.3, -0.25) is 15.0 Å². The summed E-state index contributed by atoms with van der Waals surface area (Å²) in [5.74, 6) is 0. The third-order valence-corrected chi connectivity index (χ3v) is 2.95. The van der Waals surface area contributed by atoms with Gasteiger partial charge in [0.1, 0.15) is 0 Å². The number of hydrogen-bond acceptors (Lipinski definition) is 4. The average molecular weight is 366 g/mol. The van der Waals surface area contributed by atoms with Crippen molar-refractivity contribution in [3.63, 3.8) is 0 Å². The van der Waals surface area contributed by atoms with Crippen LogP contribution in [0, 0.1) is 0 Å². The highest BCUT2D eigenvalue weighted by molar-refractivity contribution is 5.33. The predicted octanol–water partition coefficient (Wildman–Crippen LogP) is 0.108. The summed E-state index contributed by atoms with van der Waals surface area (Å²) in [7, 11) is 0. The number of anilines is 1. The molecule has 0 spiro atoms. The number of pyridine rings is 4. The van der Waals surface area contributed by atoms with Crippen molar-refractivity contribution in [1.29, 1.82) is 0 Å². The standard InChI is InChI=1S/C10H9N2.C5H6N2.C5H5N.ClH/c1-2-8-12(9-3-1)10-4-6-11-7-5-10;6-5-1-3-7-4-2-5;1-2-4-6-5-3-1;/h1-9H;1-4H,(H2,6,7);1-5H;1H/q+1;;;/p-1. The summed E-state index contributed by atoms with van der Waals surface area (Å²) in [6.07, 6.45) is 14.4. The van der Waals surface area contributed by atoms with E-state index in [2.05, 4.69) is 15.0 Å². The summed E-state index contributed by atoms with van der Waals surface area (Å²) in [6, 6.07) is 19.2. The van der Waals surface area contributed by atoms with Crippen LogP contribution < -0.4 is 22.7 Å². The molecule has 0 amide bonds. The molecule has 0 saturated heterocycles. The summed E-state index contributed by atoms with van der Waals surface area (Å²) < 4.78 is 2.04. The van der Waals surface area contributed by atoms with E-state index >= 15 is 0 Å². The van der Waals surface area contributed by atoms with E-state index in [0.29, 0.717) is 0 Å². The second-order valence-electron chi connectivity index (χ2n) is 4.79. The van der Waals surface area contributed by atoms with Crippen LogP contribution in [-0.4, -0.2) is 15.0 Å². The first-order valence-electron chi connectivity index (χ1n) is 7.73. The van der Waals surface area contributed by atoms with Gasteiger partial charge in [-0.05, 0) is 24.3 Å². The van der Waals surface area contributed by atoms with Gasteiger partial charge in [-0.2, -0.15) is 4.57 Å². The van der Waals surface area contributed by atoms with Gasteiger partial charge in [0.2, 0.25) is 5.69 Å². The summed E-state index contributed by atoms with van der Waals surface area (Å²) in [5.41, 5.74) is 7.21. The van der Waals surface area contributed by atoms with Crippen LogP contribution in [0.3, 0.4) is 0 Å². The molecule has 26 heavy (non-hydrogen) atoms. The van der Waals surface area contributed by atoms with E-state index in [0.717, 1.165) is 11.4 Å². The van der Waals surface area contributed by atoms with E-state index in [-0.39, 0.29) is 12.4 Å². The van der Waals surface area contributed by atoms with Gasteiger partial charge in [-0.1, -0.05) is 12.1 Å². The van der Waals surface area contributed by atoms with Gasteiger partial charge in [0, 0.05) is 67.1 Å². The molecule has 0 unspecified atom stereocenters. The lowest BCUT2D eigenvalue weighted by atomic mass is 10.4. The van der Waals surface area contributed by atoms with E-state index < -0.39 is 0 Å². The lowest BCUT2D eigenvalue weighted by Crippen LogP contribution is -3.00. The Kier molecular flexibility index (Phi) is 10.4. The summed E-state index contributed by atoms with van der Waals surface area (Å²) in [6.45, 7) is 0. The summed E-state index contributed by atoms with van der Waals surface area (Å²) >= 11 is 0. The molecule has 0 fully saturated rings. The van der Waals surface area contributed by atoms with Gasteiger partial charge in [0.25, 0.3) is 0 Å². The molecule has 0 radical (unpaired) electrons. The Labute approximate surface area is 159 Å². The van der Waals surface area contributed by atoms with Gasteiger partial charge in [-0.25, -0.2) is 0 Å². The summed E-state index contributed by atoms with van der Waals surface area (Å²) in [5, 5.41) is 0. The molecule has 4 rings (SSSR count). The van der Waals surface area contributed by atoms with Gasteiger partial charge < -0.3 is 18.1 Å². The van der Waals surface area contributed by atoms with Crippen LogP contribution in [0.25, 0.3) is 5.69 Å². The first-order chi connectivity index (χ1) is 12.4. The monoisotopic (exact) mass is 365 g/mol. The minimum atomic E-state index is 0. The SMILES string of the molecule is Nc1ccncc1.[Cl-].c1cc[n+](-c2ccncc2)cc1.c1ccncc1. The second kappa shape index (κ2) is 13.0. The Morgan fingerprint density at radius 3 is 1.42 bits per heavy atom. The fourth-order valence-corrected chi connectivity index (χ4v) is 1.76. The highest BCUT2D eigenvalue weighted by atomic mass is 35.5. The molecule has 6 heteroatoms. The van der Waals surface area contributed by atoms with Crippen molar-refractivity contribution in [3.05, 3.63) is 110 Å². The van der Waals surface area contributed by atoms with Crippen LogP contribution in [-0.2, 0) is 0 Å². The van der Waals surface area contributed by atoms with Gasteiger partial charge in [-0.15, -0.1) is 0 Å². The molecule has 4 aromatic heterocycles. The topological polar surface area (TPSA) is 68.6 Å².